The molecule has 3 nitrogen and oxygen atoms in total. The summed E-state index contributed by atoms with van der Waals surface area (Å²) in [5.74, 6) is 0.146. The van der Waals surface area contributed by atoms with Gasteiger partial charge >= 0.3 is 0 Å². The third kappa shape index (κ3) is 3.08. The molecule has 3 radical (unpaired) electrons. The Morgan fingerprint density at radius 3 is 2.00 bits per heavy atom. The van der Waals surface area contributed by atoms with E-state index in [2.05, 4.69) is 0 Å². The fourth-order valence-electron chi connectivity index (χ4n) is 0.488. The van der Waals surface area contributed by atoms with Crippen LogP contribution >= 0.6 is 0 Å². The van der Waals surface area contributed by atoms with Crippen molar-refractivity contribution in [1.29, 1.82) is 0 Å². The van der Waals surface area contributed by atoms with Gasteiger partial charge in [0, 0.05) is 35.0 Å². The Balaban J connectivity index is 0. The molecule has 0 atom stereocenters. The van der Waals surface area contributed by atoms with Crippen LogP contribution in [0, 0.1) is 0 Å². The number of nitrogens with two attached hydrogens (primary N) is 1. The maximum Gasteiger partial charge on any atom is 0.138 e. The summed E-state index contributed by atoms with van der Waals surface area (Å²) in [6.45, 7) is 0. The van der Waals surface area contributed by atoms with E-state index in [1.165, 1.54) is 0 Å². The van der Waals surface area contributed by atoms with E-state index < -0.39 is 0 Å². The zero-order valence-electron chi connectivity index (χ0n) is 5.74. The molecule has 1 aromatic carbocycles. The first-order chi connectivity index (χ1) is 3.80. The maximum atomic E-state index is 8.79. The molecule has 0 bridgehead atoms. The summed E-state index contributed by atoms with van der Waals surface area (Å²) in [7, 11) is 0. The van der Waals surface area contributed by atoms with Gasteiger partial charge in [0.1, 0.15) is 5.75 Å². The minimum atomic E-state index is 0. The second-order valence-electron chi connectivity index (χ2n) is 1.56. The number of hydrogen-bond acceptors (Lipinski definition) is 2. The monoisotopic (exact) mass is 148 g/mol. The van der Waals surface area contributed by atoms with Crippen LogP contribution in [0.1, 0.15) is 0 Å². The van der Waals surface area contributed by atoms with E-state index in [9.17, 15) is 0 Å². The average Bonchev–Trinajstić information content (AvgIpc) is 1.77. The van der Waals surface area contributed by atoms with Crippen LogP contribution in [0.3, 0.4) is 0 Å². The van der Waals surface area contributed by atoms with Gasteiger partial charge in [0.2, 0.25) is 0 Å². The number of phenolic OH excluding ortho intramolecular Hbond substituents is 1. The first kappa shape index (κ1) is 12.5. The van der Waals surface area contributed by atoms with E-state index in [4.69, 9.17) is 10.8 Å². The standard InChI is InChI=1S/C6H7NO.Na.O/c7-5-3-1-2-4-6(5)8;;/h1-4,8H,7H2;;. The average molecular weight is 148 g/mol. The Bertz CT molecular complexity index is 172. The molecule has 0 amide bonds. The van der Waals surface area contributed by atoms with Crippen LogP contribution in [0.25, 0.3) is 0 Å². The van der Waals surface area contributed by atoms with Crippen LogP contribution in [0.2, 0.25) is 0 Å². The molecule has 0 aliphatic rings. The molecule has 0 unspecified atom stereocenters. The molecule has 0 spiro atoms. The molecule has 49 valence electrons. The van der Waals surface area contributed by atoms with Gasteiger partial charge in [0.05, 0.1) is 5.69 Å². The zero-order chi connectivity index (χ0) is 5.98. The van der Waals surface area contributed by atoms with E-state index >= 15 is 0 Å². The van der Waals surface area contributed by atoms with Crippen LogP contribution in [-0.4, -0.2) is 34.7 Å². The quantitative estimate of drug-likeness (QED) is 0.319. The molecule has 0 aliphatic heterocycles. The molecule has 4 heteroatoms. The van der Waals surface area contributed by atoms with Gasteiger partial charge in [-0.2, -0.15) is 0 Å². The summed E-state index contributed by atoms with van der Waals surface area (Å²) in [6.07, 6.45) is 0. The number of para-hydroxylation sites is 2. The number of benzene rings is 1. The van der Waals surface area contributed by atoms with E-state index in [0.29, 0.717) is 5.69 Å². The second-order valence-corrected chi connectivity index (χ2v) is 1.56. The predicted octanol–water partition coefficient (Wildman–Crippen LogP) is 0.475. The molecule has 0 saturated heterocycles. The summed E-state index contributed by atoms with van der Waals surface area (Å²) in [5.41, 5.74) is 5.69. The minimum absolute atomic E-state index is 0. The predicted molar refractivity (Wildman–Crippen MR) is 39.0 cm³/mol. The first-order valence-corrected chi connectivity index (χ1v) is 2.34. The summed E-state index contributed by atoms with van der Waals surface area (Å²) >= 11 is 0. The van der Waals surface area contributed by atoms with Crippen molar-refractivity contribution in [3.63, 3.8) is 0 Å². The second kappa shape index (κ2) is 5.56. The normalized spacial score (nSPS) is 7.20. The van der Waals surface area contributed by atoms with Gasteiger partial charge in [-0.25, -0.2) is 0 Å². The molecule has 1 aromatic rings. The zero-order valence-corrected chi connectivity index (χ0v) is 7.74. The molecule has 0 fully saturated rings. The van der Waals surface area contributed by atoms with Gasteiger partial charge in [-0.15, -0.1) is 0 Å². The third-order valence-electron chi connectivity index (χ3n) is 0.937. The van der Waals surface area contributed by atoms with Crippen molar-refractivity contribution in [2.45, 2.75) is 0 Å². The Hall–Kier alpha value is -0.220. The Morgan fingerprint density at radius 1 is 1.20 bits per heavy atom. The SMILES string of the molecule is Nc1ccccc1O.[Na].[O]. The molecule has 3 N–H and O–H groups in total. The van der Waals surface area contributed by atoms with E-state index in [-0.39, 0.29) is 40.8 Å². The van der Waals surface area contributed by atoms with Crippen LogP contribution in [-0.2, 0) is 5.48 Å². The van der Waals surface area contributed by atoms with Crippen LogP contribution in [0.4, 0.5) is 5.69 Å². The van der Waals surface area contributed by atoms with Crippen LogP contribution in [0.5, 0.6) is 5.75 Å². The first-order valence-electron chi connectivity index (χ1n) is 2.34. The van der Waals surface area contributed by atoms with E-state index in [0.717, 1.165) is 0 Å². The Morgan fingerprint density at radius 2 is 1.70 bits per heavy atom. The largest absolute Gasteiger partial charge is 0.506 e. The fraction of sp³-hybridized carbons (Fsp3) is 0. The summed E-state index contributed by atoms with van der Waals surface area (Å²) in [5, 5.41) is 8.79. The molecule has 0 heterocycles. The van der Waals surface area contributed by atoms with Gasteiger partial charge in [-0.05, 0) is 12.1 Å². The van der Waals surface area contributed by atoms with E-state index in [1.54, 1.807) is 24.3 Å². The van der Waals surface area contributed by atoms with Crippen molar-refractivity contribution in [3.05, 3.63) is 24.3 Å². The summed E-state index contributed by atoms with van der Waals surface area (Å²) in [4.78, 5) is 0. The minimum Gasteiger partial charge on any atom is -0.506 e. The van der Waals surface area contributed by atoms with Crippen molar-refractivity contribution >= 4 is 35.2 Å². The van der Waals surface area contributed by atoms with E-state index in [1.807, 2.05) is 0 Å². The molecule has 1 rings (SSSR count). The molecular weight excluding hydrogens is 141 g/mol. The van der Waals surface area contributed by atoms with Gasteiger partial charge in [0.25, 0.3) is 0 Å². The Kier molecular flexibility index (Phi) is 6.92. The number of rotatable bonds is 0. The Labute approximate surface area is 81.5 Å². The number of phenols is 1. The topological polar surface area (TPSA) is 74.8 Å². The van der Waals surface area contributed by atoms with Gasteiger partial charge < -0.3 is 10.8 Å². The number of hydrogen-bond donors (Lipinski definition) is 2. The fourth-order valence-corrected chi connectivity index (χ4v) is 0.488. The molecule has 0 aliphatic carbocycles. The van der Waals surface area contributed by atoms with Crippen molar-refractivity contribution < 1.29 is 10.6 Å². The molecule has 0 saturated carbocycles. The number of aromatic hydroxyl groups is 1. The van der Waals surface area contributed by atoms with Crippen molar-refractivity contribution in [3.8, 4) is 5.75 Å². The van der Waals surface area contributed by atoms with Gasteiger partial charge in [-0.3, -0.25) is 0 Å². The molecule has 0 aromatic heterocycles. The third-order valence-corrected chi connectivity index (χ3v) is 0.937. The van der Waals surface area contributed by atoms with Crippen LogP contribution in [0.15, 0.2) is 24.3 Å². The summed E-state index contributed by atoms with van der Waals surface area (Å²) in [6, 6.07) is 6.70. The van der Waals surface area contributed by atoms with Crippen LogP contribution < -0.4 is 5.73 Å². The van der Waals surface area contributed by atoms with Crippen molar-refractivity contribution in [2.24, 2.45) is 0 Å². The smallest absolute Gasteiger partial charge is 0.138 e. The van der Waals surface area contributed by atoms with Crippen molar-refractivity contribution in [2.75, 3.05) is 5.73 Å². The van der Waals surface area contributed by atoms with Crippen molar-refractivity contribution in [1.82, 2.24) is 0 Å². The maximum absolute atomic E-state index is 8.79. The summed E-state index contributed by atoms with van der Waals surface area (Å²) < 4.78 is 0. The van der Waals surface area contributed by atoms with Gasteiger partial charge in [0.15, 0.2) is 0 Å². The van der Waals surface area contributed by atoms with Gasteiger partial charge in [-0.1, -0.05) is 12.1 Å². The number of anilines is 1. The molecular formula is C6H7NNaO2. The number of nitrogen functional groups attached to an aromatic ring is 1. The molecule has 10 heavy (non-hydrogen) atoms.